The molecule has 132 valence electrons. The Kier molecular flexibility index (Phi) is 6.83. The average Bonchev–Trinajstić information content (AvgIpc) is 2.61. The second-order valence-electron chi connectivity index (χ2n) is 5.48. The smallest absolute Gasteiger partial charge is 0.251 e. The molecule has 0 aromatic heterocycles. The SMILES string of the molecule is CCOc1ccc(C(=O)NCC(=O)NC(C)c2ccc(Cl)cc2)cc1. The van der Waals surface area contributed by atoms with E-state index < -0.39 is 0 Å². The van der Waals surface area contributed by atoms with Crippen LogP contribution >= 0.6 is 11.6 Å². The van der Waals surface area contributed by atoms with E-state index in [2.05, 4.69) is 10.6 Å². The van der Waals surface area contributed by atoms with Crippen molar-refractivity contribution in [2.24, 2.45) is 0 Å². The molecule has 0 aliphatic heterocycles. The Morgan fingerprint density at radius 3 is 2.32 bits per heavy atom. The van der Waals surface area contributed by atoms with E-state index in [0.717, 1.165) is 5.56 Å². The molecule has 25 heavy (non-hydrogen) atoms. The largest absolute Gasteiger partial charge is 0.494 e. The van der Waals surface area contributed by atoms with Gasteiger partial charge >= 0.3 is 0 Å². The molecule has 0 bridgehead atoms. The van der Waals surface area contributed by atoms with Crippen molar-refractivity contribution in [1.29, 1.82) is 0 Å². The van der Waals surface area contributed by atoms with Gasteiger partial charge in [-0.1, -0.05) is 23.7 Å². The van der Waals surface area contributed by atoms with Crippen LogP contribution in [0.4, 0.5) is 0 Å². The summed E-state index contributed by atoms with van der Waals surface area (Å²) in [4.78, 5) is 24.1. The highest BCUT2D eigenvalue weighted by Crippen LogP contribution is 2.16. The molecule has 0 radical (unpaired) electrons. The summed E-state index contributed by atoms with van der Waals surface area (Å²) < 4.78 is 5.33. The summed E-state index contributed by atoms with van der Waals surface area (Å²) in [6.07, 6.45) is 0. The maximum atomic E-state index is 12.1. The van der Waals surface area contributed by atoms with Gasteiger partial charge in [0.05, 0.1) is 19.2 Å². The van der Waals surface area contributed by atoms with E-state index in [4.69, 9.17) is 16.3 Å². The lowest BCUT2D eigenvalue weighted by Gasteiger charge is -2.15. The third kappa shape index (κ3) is 5.80. The molecule has 2 aromatic rings. The Bertz CT molecular complexity index is 714. The van der Waals surface area contributed by atoms with Gasteiger partial charge in [-0.2, -0.15) is 0 Å². The summed E-state index contributed by atoms with van der Waals surface area (Å²) >= 11 is 5.85. The number of amides is 2. The van der Waals surface area contributed by atoms with Gasteiger partial charge in [0.25, 0.3) is 5.91 Å². The van der Waals surface area contributed by atoms with Gasteiger partial charge in [0.2, 0.25) is 5.91 Å². The number of halogens is 1. The maximum absolute atomic E-state index is 12.1. The number of rotatable bonds is 7. The number of ether oxygens (including phenoxy) is 1. The normalized spacial score (nSPS) is 11.5. The Hall–Kier alpha value is -2.53. The zero-order chi connectivity index (χ0) is 18.2. The molecule has 5 nitrogen and oxygen atoms in total. The van der Waals surface area contributed by atoms with Crippen LogP contribution in [0, 0.1) is 0 Å². The van der Waals surface area contributed by atoms with Crippen LogP contribution in [0.1, 0.15) is 35.8 Å². The quantitative estimate of drug-likeness (QED) is 0.795. The first-order valence-corrected chi connectivity index (χ1v) is 8.43. The first-order valence-electron chi connectivity index (χ1n) is 8.05. The molecular formula is C19H21ClN2O3. The van der Waals surface area contributed by atoms with E-state index in [-0.39, 0.29) is 24.4 Å². The minimum Gasteiger partial charge on any atom is -0.494 e. The van der Waals surface area contributed by atoms with Crippen LogP contribution in [-0.2, 0) is 4.79 Å². The van der Waals surface area contributed by atoms with E-state index in [1.165, 1.54) is 0 Å². The third-order valence-electron chi connectivity index (χ3n) is 3.58. The number of carbonyl (C=O) groups is 2. The molecule has 0 aliphatic carbocycles. The minimum absolute atomic E-state index is 0.0933. The molecule has 0 aliphatic rings. The van der Waals surface area contributed by atoms with Crippen LogP contribution in [0.15, 0.2) is 48.5 Å². The molecule has 1 unspecified atom stereocenters. The fourth-order valence-corrected chi connectivity index (χ4v) is 2.39. The van der Waals surface area contributed by atoms with Crippen LogP contribution in [0.5, 0.6) is 5.75 Å². The lowest BCUT2D eigenvalue weighted by atomic mass is 10.1. The Morgan fingerprint density at radius 2 is 1.72 bits per heavy atom. The molecule has 0 heterocycles. The average molecular weight is 361 g/mol. The van der Waals surface area contributed by atoms with Crippen molar-refractivity contribution in [3.05, 3.63) is 64.7 Å². The molecule has 6 heteroatoms. The van der Waals surface area contributed by atoms with Gasteiger partial charge in [-0.3, -0.25) is 9.59 Å². The summed E-state index contributed by atoms with van der Waals surface area (Å²) in [5.41, 5.74) is 1.41. The maximum Gasteiger partial charge on any atom is 0.251 e. The van der Waals surface area contributed by atoms with Crippen LogP contribution < -0.4 is 15.4 Å². The van der Waals surface area contributed by atoms with Crippen LogP contribution in [0.25, 0.3) is 0 Å². The number of hydrogen-bond donors (Lipinski definition) is 2. The van der Waals surface area contributed by atoms with Gasteiger partial charge in [-0.05, 0) is 55.8 Å². The van der Waals surface area contributed by atoms with Gasteiger partial charge in [-0.15, -0.1) is 0 Å². The van der Waals surface area contributed by atoms with Crippen molar-refractivity contribution >= 4 is 23.4 Å². The fraction of sp³-hybridized carbons (Fsp3) is 0.263. The minimum atomic E-state index is -0.308. The zero-order valence-electron chi connectivity index (χ0n) is 14.2. The summed E-state index contributed by atoms with van der Waals surface area (Å²) in [6, 6.07) is 13.8. The highest BCUT2D eigenvalue weighted by atomic mass is 35.5. The molecular weight excluding hydrogens is 340 g/mol. The second-order valence-corrected chi connectivity index (χ2v) is 5.92. The topological polar surface area (TPSA) is 67.4 Å². The molecule has 0 saturated carbocycles. The second kappa shape index (κ2) is 9.08. The van der Waals surface area contributed by atoms with Crippen LogP contribution in [-0.4, -0.2) is 25.0 Å². The third-order valence-corrected chi connectivity index (χ3v) is 3.84. The van der Waals surface area contributed by atoms with Gasteiger partial charge in [-0.25, -0.2) is 0 Å². The van der Waals surface area contributed by atoms with E-state index in [0.29, 0.717) is 22.9 Å². The van der Waals surface area contributed by atoms with Crippen molar-refractivity contribution < 1.29 is 14.3 Å². The Labute approximate surface area is 152 Å². The first-order chi connectivity index (χ1) is 12.0. The van der Waals surface area contributed by atoms with E-state index in [1.54, 1.807) is 36.4 Å². The van der Waals surface area contributed by atoms with E-state index >= 15 is 0 Å². The lowest BCUT2D eigenvalue weighted by Crippen LogP contribution is -2.38. The lowest BCUT2D eigenvalue weighted by molar-refractivity contribution is -0.120. The highest BCUT2D eigenvalue weighted by Gasteiger charge is 2.12. The molecule has 2 amide bonds. The van der Waals surface area contributed by atoms with Crippen molar-refractivity contribution in [2.45, 2.75) is 19.9 Å². The summed E-state index contributed by atoms with van der Waals surface area (Å²) in [6.45, 7) is 4.24. The number of benzene rings is 2. The van der Waals surface area contributed by atoms with Gasteiger partial charge in [0.15, 0.2) is 0 Å². The number of hydrogen-bond acceptors (Lipinski definition) is 3. The van der Waals surface area contributed by atoms with E-state index in [9.17, 15) is 9.59 Å². The zero-order valence-corrected chi connectivity index (χ0v) is 15.0. The van der Waals surface area contributed by atoms with Crippen molar-refractivity contribution in [3.63, 3.8) is 0 Å². The summed E-state index contributed by atoms with van der Waals surface area (Å²) in [7, 11) is 0. The molecule has 0 fully saturated rings. The number of carbonyl (C=O) groups excluding carboxylic acids is 2. The Morgan fingerprint density at radius 1 is 1.08 bits per heavy atom. The molecule has 2 rings (SSSR count). The predicted molar refractivity (Wildman–Crippen MR) is 98.0 cm³/mol. The fourth-order valence-electron chi connectivity index (χ4n) is 2.26. The van der Waals surface area contributed by atoms with Crippen LogP contribution in [0.2, 0.25) is 5.02 Å². The predicted octanol–water partition coefficient (Wildman–Crippen LogP) is 3.35. The standard InChI is InChI=1S/C19H21ClN2O3/c1-3-25-17-10-6-15(7-11-17)19(24)21-12-18(23)22-13(2)14-4-8-16(20)9-5-14/h4-11,13H,3,12H2,1-2H3,(H,21,24)(H,22,23). The summed E-state index contributed by atoms with van der Waals surface area (Å²) in [5.74, 6) is 0.132. The molecule has 0 saturated heterocycles. The summed E-state index contributed by atoms with van der Waals surface area (Å²) in [5, 5.41) is 6.08. The van der Waals surface area contributed by atoms with Gasteiger partial charge < -0.3 is 15.4 Å². The van der Waals surface area contributed by atoms with E-state index in [1.807, 2.05) is 26.0 Å². The van der Waals surface area contributed by atoms with Gasteiger partial charge in [0, 0.05) is 10.6 Å². The van der Waals surface area contributed by atoms with Gasteiger partial charge in [0.1, 0.15) is 5.75 Å². The highest BCUT2D eigenvalue weighted by molar-refractivity contribution is 6.30. The van der Waals surface area contributed by atoms with Crippen molar-refractivity contribution in [3.8, 4) is 5.75 Å². The molecule has 1 atom stereocenters. The molecule has 2 N–H and O–H groups in total. The van der Waals surface area contributed by atoms with Crippen LogP contribution in [0.3, 0.4) is 0 Å². The molecule has 0 spiro atoms. The molecule has 2 aromatic carbocycles. The monoisotopic (exact) mass is 360 g/mol. The van der Waals surface area contributed by atoms with Crippen molar-refractivity contribution in [2.75, 3.05) is 13.2 Å². The number of nitrogens with one attached hydrogen (secondary N) is 2. The first kappa shape index (κ1) is 18.8. The van der Waals surface area contributed by atoms with Crippen molar-refractivity contribution in [1.82, 2.24) is 10.6 Å². The Balaban J connectivity index is 1.82.